The van der Waals surface area contributed by atoms with Crippen LogP contribution in [-0.4, -0.2) is 73.8 Å². The van der Waals surface area contributed by atoms with Crippen LogP contribution in [0.15, 0.2) is 58.4 Å². The fourth-order valence-electron chi connectivity index (χ4n) is 4.53. The lowest BCUT2D eigenvalue weighted by molar-refractivity contribution is -0.122. The summed E-state index contributed by atoms with van der Waals surface area (Å²) < 4.78 is 2.01. The fourth-order valence-corrected chi connectivity index (χ4v) is 5.76. The Labute approximate surface area is 218 Å². The summed E-state index contributed by atoms with van der Waals surface area (Å²) in [5.41, 5.74) is 2.65. The van der Waals surface area contributed by atoms with Gasteiger partial charge in [-0.25, -0.2) is 4.98 Å². The van der Waals surface area contributed by atoms with Crippen molar-refractivity contribution >= 4 is 51.7 Å². The fraction of sp³-hybridized carbons (Fsp3) is 0.308. The number of aliphatic hydroxyl groups excluding tert-OH is 1. The van der Waals surface area contributed by atoms with Crippen molar-refractivity contribution in [2.24, 2.45) is 0 Å². The number of aryl methyl sites for hydroxylation is 1. The molecule has 0 atom stereocenters. The van der Waals surface area contributed by atoms with Crippen molar-refractivity contribution in [2.75, 3.05) is 44.2 Å². The number of fused-ring (bicyclic) bond motifs is 1. The number of piperazine rings is 1. The van der Waals surface area contributed by atoms with Gasteiger partial charge in [0.1, 0.15) is 15.8 Å². The normalized spacial score (nSPS) is 18.1. The lowest BCUT2D eigenvalue weighted by Crippen LogP contribution is -2.48. The van der Waals surface area contributed by atoms with E-state index in [1.165, 1.54) is 16.2 Å². The van der Waals surface area contributed by atoms with E-state index in [9.17, 15) is 14.7 Å². The van der Waals surface area contributed by atoms with E-state index in [1.54, 1.807) is 17.2 Å². The minimum absolute atomic E-state index is 0.116. The summed E-state index contributed by atoms with van der Waals surface area (Å²) >= 11 is 6.74. The predicted molar refractivity (Wildman–Crippen MR) is 147 cm³/mol. The Morgan fingerprint density at radius 3 is 2.56 bits per heavy atom. The molecule has 2 saturated heterocycles. The van der Waals surface area contributed by atoms with Crippen LogP contribution < -0.4 is 10.5 Å². The topological polar surface area (TPSA) is 81.4 Å². The Kier molecular flexibility index (Phi) is 7.20. The average Bonchev–Trinajstić information content (AvgIpc) is 3.15. The van der Waals surface area contributed by atoms with Gasteiger partial charge in [-0.1, -0.05) is 60.4 Å². The quantitative estimate of drug-likeness (QED) is 0.392. The van der Waals surface area contributed by atoms with Crippen LogP contribution in [0.5, 0.6) is 0 Å². The number of amides is 1. The van der Waals surface area contributed by atoms with Crippen molar-refractivity contribution in [1.82, 2.24) is 19.2 Å². The van der Waals surface area contributed by atoms with Gasteiger partial charge in [0.15, 0.2) is 0 Å². The number of thioether (sulfide) groups is 1. The summed E-state index contributed by atoms with van der Waals surface area (Å²) in [6.45, 7) is 5.91. The summed E-state index contributed by atoms with van der Waals surface area (Å²) in [7, 11) is 0. The van der Waals surface area contributed by atoms with E-state index in [-0.39, 0.29) is 18.1 Å². The van der Waals surface area contributed by atoms with E-state index in [2.05, 4.69) is 9.80 Å². The molecule has 3 aromatic rings. The molecular weight excluding hydrogens is 494 g/mol. The third kappa shape index (κ3) is 4.81. The van der Waals surface area contributed by atoms with Crippen molar-refractivity contribution in [1.29, 1.82) is 0 Å². The van der Waals surface area contributed by atoms with Crippen molar-refractivity contribution in [3.8, 4) is 0 Å². The highest BCUT2D eigenvalue weighted by Gasteiger charge is 2.33. The first-order valence-corrected chi connectivity index (χ1v) is 13.1. The largest absolute Gasteiger partial charge is 0.395 e. The van der Waals surface area contributed by atoms with Crippen LogP contribution in [0.3, 0.4) is 0 Å². The summed E-state index contributed by atoms with van der Waals surface area (Å²) in [6.07, 6.45) is 3.36. The van der Waals surface area contributed by atoms with E-state index in [0.717, 1.165) is 24.2 Å². The van der Waals surface area contributed by atoms with E-state index < -0.39 is 0 Å². The minimum Gasteiger partial charge on any atom is -0.395 e. The molecule has 1 N–H and O–H groups in total. The maximum atomic E-state index is 13.7. The number of anilines is 1. The summed E-state index contributed by atoms with van der Waals surface area (Å²) in [5.74, 6) is 0.368. The summed E-state index contributed by atoms with van der Waals surface area (Å²) in [6, 6.07) is 13.5. The minimum atomic E-state index is -0.218. The van der Waals surface area contributed by atoms with E-state index in [0.29, 0.717) is 52.4 Å². The molecule has 0 spiro atoms. The molecule has 2 fully saturated rings. The SMILES string of the molecule is Cc1cccn2c(=O)c(C=C3SC(=S)N(Cc4ccccc4)C3=O)c(N3CCN(CCO)CC3)nc12. The van der Waals surface area contributed by atoms with Gasteiger partial charge in [0, 0.05) is 38.9 Å². The van der Waals surface area contributed by atoms with E-state index in [1.807, 2.05) is 49.4 Å². The van der Waals surface area contributed by atoms with Crippen LogP contribution in [-0.2, 0) is 11.3 Å². The van der Waals surface area contributed by atoms with Gasteiger partial charge in [0.25, 0.3) is 11.5 Å². The Balaban J connectivity index is 1.54. The van der Waals surface area contributed by atoms with Crippen molar-refractivity contribution < 1.29 is 9.90 Å². The van der Waals surface area contributed by atoms with Crippen LogP contribution in [0.2, 0.25) is 0 Å². The molecule has 0 aliphatic carbocycles. The van der Waals surface area contributed by atoms with Gasteiger partial charge in [0.05, 0.1) is 23.6 Å². The Bertz CT molecular complexity index is 1400. The molecule has 10 heteroatoms. The number of β-amino-alcohol motifs (C(OH)–C–C–N with tert-alkyl or cyclic N) is 1. The zero-order chi connectivity index (χ0) is 25.2. The van der Waals surface area contributed by atoms with E-state index >= 15 is 0 Å². The summed E-state index contributed by atoms with van der Waals surface area (Å²) in [4.78, 5) is 38.2. The molecule has 2 aliphatic rings. The Morgan fingerprint density at radius 2 is 1.83 bits per heavy atom. The molecule has 0 radical (unpaired) electrons. The van der Waals surface area contributed by atoms with Crippen LogP contribution in [0, 0.1) is 6.92 Å². The van der Waals surface area contributed by atoms with Crippen LogP contribution in [0.4, 0.5) is 5.82 Å². The zero-order valence-corrected chi connectivity index (χ0v) is 21.6. The molecule has 5 rings (SSSR count). The molecule has 2 aromatic heterocycles. The number of thiocarbonyl (C=S) groups is 1. The number of benzene rings is 1. The second-order valence-electron chi connectivity index (χ2n) is 8.84. The molecule has 2 aliphatic heterocycles. The standard InChI is InChI=1S/C26H27N5O3S2/c1-18-6-5-9-30-22(18)27-23(29-12-10-28(11-13-29)14-15-32)20(24(30)33)16-21-25(34)31(26(35)36-21)17-19-7-3-2-4-8-19/h2-9,16,32H,10-15,17H2,1H3. The third-order valence-corrected chi connectivity index (χ3v) is 7.86. The van der Waals surface area contributed by atoms with Crippen molar-refractivity contribution in [3.05, 3.63) is 80.6 Å². The molecule has 8 nitrogen and oxygen atoms in total. The molecule has 0 unspecified atom stereocenters. The number of pyridine rings is 1. The van der Waals surface area contributed by atoms with Gasteiger partial charge in [-0.15, -0.1) is 0 Å². The zero-order valence-electron chi connectivity index (χ0n) is 20.0. The third-order valence-electron chi connectivity index (χ3n) is 6.48. The van der Waals surface area contributed by atoms with Gasteiger partial charge in [-0.3, -0.25) is 23.8 Å². The monoisotopic (exact) mass is 521 g/mol. The van der Waals surface area contributed by atoms with Crippen LogP contribution >= 0.6 is 24.0 Å². The molecule has 0 bridgehead atoms. The molecular formula is C26H27N5O3S2. The van der Waals surface area contributed by atoms with Crippen LogP contribution in [0.1, 0.15) is 16.7 Å². The predicted octanol–water partition coefficient (Wildman–Crippen LogP) is 2.52. The molecule has 1 aromatic carbocycles. The molecule has 0 saturated carbocycles. The second kappa shape index (κ2) is 10.5. The smallest absolute Gasteiger partial charge is 0.267 e. The maximum absolute atomic E-state index is 13.7. The van der Waals surface area contributed by atoms with Crippen LogP contribution in [0.25, 0.3) is 11.7 Å². The molecule has 36 heavy (non-hydrogen) atoms. The van der Waals surface area contributed by atoms with E-state index in [4.69, 9.17) is 17.2 Å². The molecule has 1 amide bonds. The summed E-state index contributed by atoms with van der Waals surface area (Å²) in [5, 5.41) is 9.28. The highest BCUT2D eigenvalue weighted by atomic mass is 32.2. The van der Waals surface area contributed by atoms with Gasteiger partial charge >= 0.3 is 0 Å². The number of nitrogens with zero attached hydrogens (tertiary/aromatic N) is 5. The van der Waals surface area contributed by atoms with Gasteiger partial charge < -0.3 is 10.0 Å². The number of hydrogen-bond acceptors (Lipinski definition) is 8. The Morgan fingerprint density at radius 1 is 1.08 bits per heavy atom. The lowest BCUT2D eigenvalue weighted by atomic mass is 10.2. The van der Waals surface area contributed by atoms with Crippen molar-refractivity contribution in [2.45, 2.75) is 13.5 Å². The first-order chi connectivity index (χ1) is 17.5. The first-order valence-electron chi connectivity index (χ1n) is 11.9. The number of aliphatic hydroxyl groups is 1. The molecule has 186 valence electrons. The van der Waals surface area contributed by atoms with Gasteiger partial charge in [-0.2, -0.15) is 0 Å². The average molecular weight is 522 g/mol. The highest BCUT2D eigenvalue weighted by Crippen LogP contribution is 2.34. The number of carbonyl (C=O) groups is 1. The number of hydrogen-bond donors (Lipinski definition) is 1. The first kappa shape index (κ1) is 24.6. The molecule has 4 heterocycles. The maximum Gasteiger partial charge on any atom is 0.267 e. The van der Waals surface area contributed by atoms with Gasteiger partial charge in [-0.05, 0) is 30.2 Å². The second-order valence-corrected chi connectivity index (χ2v) is 10.5. The number of rotatable bonds is 6. The number of carbonyl (C=O) groups excluding carboxylic acids is 1. The number of aromatic nitrogens is 2. The highest BCUT2D eigenvalue weighted by molar-refractivity contribution is 8.26. The van der Waals surface area contributed by atoms with Crippen molar-refractivity contribution in [3.63, 3.8) is 0 Å². The lowest BCUT2D eigenvalue weighted by Gasteiger charge is -2.35. The Hall–Kier alpha value is -3.05. The van der Waals surface area contributed by atoms with Gasteiger partial charge in [0.2, 0.25) is 0 Å².